The zero-order valence-electron chi connectivity index (χ0n) is 18.9. The topological polar surface area (TPSA) is 82.1 Å². The van der Waals surface area contributed by atoms with E-state index in [1.807, 2.05) is 25.9 Å². The molecule has 32 heavy (non-hydrogen) atoms. The van der Waals surface area contributed by atoms with Gasteiger partial charge >= 0.3 is 6.18 Å². The maximum atomic E-state index is 13.0. The van der Waals surface area contributed by atoms with Crippen LogP contribution in [0.25, 0.3) is 0 Å². The van der Waals surface area contributed by atoms with Crippen LogP contribution in [0.3, 0.4) is 0 Å². The van der Waals surface area contributed by atoms with Crippen LogP contribution in [0.5, 0.6) is 5.75 Å². The first kappa shape index (κ1) is 25.9. The number of likely N-dealkylation sites (N-methyl/N-ethyl adjacent to an activating group) is 1. The predicted octanol–water partition coefficient (Wildman–Crippen LogP) is 2.68. The van der Waals surface area contributed by atoms with E-state index in [-0.39, 0.29) is 37.0 Å². The lowest BCUT2D eigenvalue weighted by atomic mass is 10.0. The number of nitrogens with zero attached hydrogens (tertiary/aromatic N) is 2. The molecule has 2 amide bonds. The van der Waals surface area contributed by atoms with E-state index in [4.69, 9.17) is 4.74 Å². The van der Waals surface area contributed by atoms with Crippen molar-refractivity contribution in [3.05, 3.63) is 23.8 Å². The van der Waals surface area contributed by atoms with Crippen molar-refractivity contribution in [1.82, 2.24) is 9.80 Å². The van der Waals surface area contributed by atoms with Crippen LogP contribution >= 0.6 is 0 Å². The summed E-state index contributed by atoms with van der Waals surface area (Å²) in [5, 5.41) is 12.1. The summed E-state index contributed by atoms with van der Waals surface area (Å²) in [6.45, 7) is 4.58. The van der Waals surface area contributed by atoms with E-state index >= 15 is 0 Å². The lowest BCUT2D eigenvalue weighted by molar-refractivity contribution is -0.142. The summed E-state index contributed by atoms with van der Waals surface area (Å²) in [4.78, 5) is 28.6. The number of fused-ring (bicyclic) bond motifs is 1. The summed E-state index contributed by atoms with van der Waals surface area (Å²) in [6, 6.07) is 4.36. The number of benzene rings is 1. The zero-order chi connectivity index (χ0) is 24.1. The molecule has 0 saturated heterocycles. The number of aliphatic hydroxyl groups is 1. The standard InChI is InChI=1S/C22H32F3N3O4/c1-14-11-28(15(2)13-29)21(31)10-16-9-17(26-20(30)7-8-22(23,24)25)5-6-18(16)32-19(14)12-27(3)4/h5-6,9,14-15,19,29H,7-8,10-13H2,1-4H3,(H,26,30)/t14-,15-,19+/m0/s1. The molecule has 2 rings (SSSR count). The molecule has 1 aliphatic heterocycles. The Balaban J connectivity index is 2.31. The number of alkyl halides is 3. The van der Waals surface area contributed by atoms with E-state index in [0.717, 1.165) is 0 Å². The number of anilines is 1. The summed E-state index contributed by atoms with van der Waals surface area (Å²) in [5.74, 6) is -0.492. The molecular weight excluding hydrogens is 427 g/mol. The molecule has 1 aliphatic rings. The molecule has 0 saturated carbocycles. The number of aliphatic hydroxyl groups excluding tert-OH is 1. The SMILES string of the molecule is C[C@H]1CN([C@@H](C)CO)C(=O)Cc2cc(NC(=O)CCC(F)(F)F)ccc2O[C@@H]1CN(C)C. The van der Waals surface area contributed by atoms with Crippen molar-refractivity contribution in [1.29, 1.82) is 0 Å². The van der Waals surface area contributed by atoms with Crippen molar-refractivity contribution in [2.75, 3.05) is 39.1 Å². The normalized spacial score (nSPS) is 20.7. The smallest absolute Gasteiger partial charge is 0.389 e. The van der Waals surface area contributed by atoms with Crippen molar-refractivity contribution < 1.29 is 32.6 Å². The Morgan fingerprint density at radius 3 is 2.66 bits per heavy atom. The molecule has 0 radical (unpaired) electrons. The van der Waals surface area contributed by atoms with Gasteiger partial charge in [0.05, 0.1) is 25.5 Å². The van der Waals surface area contributed by atoms with Gasteiger partial charge in [0.1, 0.15) is 11.9 Å². The fraction of sp³-hybridized carbons (Fsp3) is 0.636. The van der Waals surface area contributed by atoms with Gasteiger partial charge in [0.25, 0.3) is 0 Å². The molecule has 10 heteroatoms. The second-order valence-electron chi connectivity index (χ2n) is 8.64. The number of hydrogen-bond acceptors (Lipinski definition) is 5. The van der Waals surface area contributed by atoms with E-state index < -0.39 is 24.9 Å². The monoisotopic (exact) mass is 459 g/mol. The number of halogens is 3. The van der Waals surface area contributed by atoms with Gasteiger partial charge in [-0.3, -0.25) is 9.59 Å². The van der Waals surface area contributed by atoms with Crippen molar-refractivity contribution >= 4 is 17.5 Å². The van der Waals surface area contributed by atoms with Crippen molar-refractivity contribution in [2.24, 2.45) is 5.92 Å². The first-order chi connectivity index (χ1) is 14.9. The molecule has 7 nitrogen and oxygen atoms in total. The Labute approximate surface area is 186 Å². The number of hydrogen-bond donors (Lipinski definition) is 2. The van der Waals surface area contributed by atoms with Gasteiger partial charge in [-0.2, -0.15) is 13.2 Å². The predicted molar refractivity (Wildman–Crippen MR) is 114 cm³/mol. The molecule has 0 fully saturated rings. The largest absolute Gasteiger partial charge is 0.488 e. The molecule has 0 unspecified atom stereocenters. The highest BCUT2D eigenvalue weighted by Crippen LogP contribution is 2.29. The first-order valence-electron chi connectivity index (χ1n) is 10.6. The molecule has 1 aromatic carbocycles. The van der Waals surface area contributed by atoms with Crippen LogP contribution < -0.4 is 10.1 Å². The van der Waals surface area contributed by atoms with Gasteiger partial charge in [-0.15, -0.1) is 0 Å². The number of amides is 2. The molecule has 0 aliphatic carbocycles. The van der Waals surface area contributed by atoms with Crippen LogP contribution in [0.2, 0.25) is 0 Å². The maximum absolute atomic E-state index is 13.0. The fourth-order valence-electron chi connectivity index (χ4n) is 3.56. The molecule has 0 bridgehead atoms. The Hall–Kier alpha value is -2.33. The maximum Gasteiger partial charge on any atom is 0.389 e. The highest BCUT2D eigenvalue weighted by molar-refractivity contribution is 5.91. The minimum Gasteiger partial charge on any atom is -0.488 e. The van der Waals surface area contributed by atoms with Gasteiger partial charge < -0.3 is 25.0 Å². The van der Waals surface area contributed by atoms with Crippen LogP contribution in [0.4, 0.5) is 18.9 Å². The molecule has 2 N–H and O–H groups in total. The van der Waals surface area contributed by atoms with E-state index in [0.29, 0.717) is 30.1 Å². The average molecular weight is 460 g/mol. The lowest BCUT2D eigenvalue weighted by Crippen LogP contribution is -2.47. The van der Waals surface area contributed by atoms with Crippen molar-refractivity contribution in [2.45, 2.75) is 51.4 Å². The zero-order valence-corrected chi connectivity index (χ0v) is 18.9. The van der Waals surface area contributed by atoms with Crippen LogP contribution in [-0.2, 0) is 16.0 Å². The summed E-state index contributed by atoms with van der Waals surface area (Å²) in [6.07, 6.45) is -6.56. The van der Waals surface area contributed by atoms with Gasteiger partial charge in [-0.05, 0) is 39.2 Å². The highest BCUT2D eigenvalue weighted by atomic mass is 19.4. The number of carbonyl (C=O) groups excluding carboxylic acids is 2. The summed E-state index contributed by atoms with van der Waals surface area (Å²) in [7, 11) is 3.84. The van der Waals surface area contributed by atoms with Crippen molar-refractivity contribution in [3.8, 4) is 5.75 Å². The van der Waals surface area contributed by atoms with Crippen molar-refractivity contribution in [3.63, 3.8) is 0 Å². The Morgan fingerprint density at radius 1 is 1.38 bits per heavy atom. The second-order valence-corrected chi connectivity index (χ2v) is 8.64. The quantitative estimate of drug-likeness (QED) is 0.655. The highest BCUT2D eigenvalue weighted by Gasteiger charge is 2.31. The molecule has 3 atom stereocenters. The molecule has 1 heterocycles. The van der Waals surface area contributed by atoms with Gasteiger partial charge in [0.2, 0.25) is 11.8 Å². The Kier molecular flexibility index (Phi) is 8.91. The van der Waals surface area contributed by atoms with Crippen LogP contribution in [0.15, 0.2) is 18.2 Å². The van der Waals surface area contributed by atoms with Gasteiger partial charge in [-0.1, -0.05) is 6.92 Å². The molecular formula is C22H32F3N3O4. The van der Waals surface area contributed by atoms with E-state index in [2.05, 4.69) is 5.32 Å². The third-order valence-corrected chi connectivity index (χ3v) is 5.38. The Morgan fingerprint density at radius 2 is 2.06 bits per heavy atom. The average Bonchev–Trinajstić information content (AvgIpc) is 2.73. The number of nitrogens with one attached hydrogen (secondary N) is 1. The van der Waals surface area contributed by atoms with Gasteiger partial charge in [-0.25, -0.2) is 0 Å². The van der Waals surface area contributed by atoms with Gasteiger partial charge in [0, 0.05) is 36.7 Å². The van der Waals surface area contributed by atoms with Crippen LogP contribution in [0.1, 0.15) is 32.3 Å². The number of carbonyl (C=O) groups is 2. The summed E-state index contributed by atoms with van der Waals surface area (Å²) in [5.41, 5.74) is 0.821. The van der Waals surface area contributed by atoms with E-state index in [1.54, 1.807) is 30.0 Å². The summed E-state index contributed by atoms with van der Waals surface area (Å²) >= 11 is 0. The molecule has 0 aromatic heterocycles. The lowest BCUT2D eigenvalue weighted by Gasteiger charge is -2.33. The minimum atomic E-state index is -4.41. The fourth-order valence-corrected chi connectivity index (χ4v) is 3.56. The second kappa shape index (κ2) is 11.0. The van der Waals surface area contributed by atoms with Crippen LogP contribution in [0, 0.1) is 5.92 Å². The van der Waals surface area contributed by atoms with Gasteiger partial charge in [0.15, 0.2) is 0 Å². The first-order valence-corrected chi connectivity index (χ1v) is 10.6. The number of ether oxygens (including phenoxy) is 1. The third kappa shape index (κ3) is 7.67. The minimum absolute atomic E-state index is 0.0205. The molecule has 0 spiro atoms. The Bertz CT molecular complexity index is 801. The summed E-state index contributed by atoms with van der Waals surface area (Å²) < 4.78 is 43.4. The van der Waals surface area contributed by atoms with E-state index in [1.165, 1.54) is 0 Å². The number of rotatable bonds is 7. The molecule has 1 aromatic rings. The van der Waals surface area contributed by atoms with E-state index in [9.17, 15) is 27.9 Å². The van der Waals surface area contributed by atoms with Crippen LogP contribution in [-0.4, -0.2) is 78.8 Å². The molecule has 180 valence electrons. The third-order valence-electron chi connectivity index (χ3n) is 5.38.